The first kappa shape index (κ1) is 19.5. The van der Waals surface area contributed by atoms with Crippen LogP contribution < -0.4 is 5.32 Å². The van der Waals surface area contributed by atoms with Crippen molar-refractivity contribution < 1.29 is 9.59 Å². The maximum Gasteiger partial charge on any atom is 0.253 e. The molecule has 1 aliphatic heterocycles. The van der Waals surface area contributed by atoms with Gasteiger partial charge in [0.15, 0.2) is 0 Å². The van der Waals surface area contributed by atoms with Gasteiger partial charge in [-0.15, -0.1) is 0 Å². The number of carbonyl (C=O) groups is 2. The monoisotopic (exact) mass is 344 g/mol. The van der Waals surface area contributed by atoms with Crippen LogP contribution in [-0.2, 0) is 4.79 Å². The molecule has 4 heteroatoms. The normalized spacial score (nSPS) is 14.8. The van der Waals surface area contributed by atoms with Gasteiger partial charge in [-0.2, -0.15) is 0 Å². The highest BCUT2D eigenvalue weighted by molar-refractivity contribution is 5.95. The molecule has 138 valence electrons. The molecule has 0 radical (unpaired) electrons. The van der Waals surface area contributed by atoms with Gasteiger partial charge >= 0.3 is 0 Å². The lowest BCUT2D eigenvalue weighted by atomic mass is 10.1. The summed E-state index contributed by atoms with van der Waals surface area (Å²) in [4.78, 5) is 26.5. The minimum absolute atomic E-state index is 0.0584. The summed E-state index contributed by atoms with van der Waals surface area (Å²) >= 11 is 0. The van der Waals surface area contributed by atoms with Crippen molar-refractivity contribution in [3.05, 3.63) is 29.8 Å². The van der Waals surface area contributed by atoms with Gasteiger partial charge in [-0.25, -0.2) is 0 Å². The largest absolute Gasteiger partial charge is 0.339 e. The Hall–Kier alpha value is -1.84. The molecule has 0 bridgehead atoms. The summed E-state index contributed by atoms with van der Waals surface area (Å²) in [6.45, 7) is 3.90. The number of hydrogen-bond acceptors (Lipinski definition) is 2. The fraction of sp³-hybridized carbons (Fsp3) is 0.619. The van der Waals surface area contributed by atoms with Crippen molar-refractivity contribution in [2.24, 2.45) is 0 Å². The number of carbonyl (C=O) groups excluding carboxylic acids is 2. The first-order valence-electron chi connectivity index (χ1n) is 9.90. The summed E-state index contributed by atoms with van der Waals surface area (Å²) in [5.41, 5.74) is 1.48. The lowest BCUT2D eigenvalue weighted by Crippen LogP contribution is -2.31. The first-order chi connectivity index (χ1) is 12.2. The molecule has 0 spiro atoms. The van der Waals surface area contributed by atoms with E-state index in [0.717, 1.165) is 44.5 Å². The van der Waals surface area contributed by atoms with Crippen LogP contribution in [0.25, 0.3) is 0 Å². The number of rotatable bonds is 8. The zero-order valence-corrected chi connectivity index (χ0v) is 15.6. The van der Waals surface area contributed by atoms with Crippen molar-refractivity contribution in [1.82, 2.24) is 4.90 Å². The van der Waals surface area contributed by atoms with Gasteiger partial charge < -0.3 is 10.2 Å². The molecule has 0 aliphatic carbocycles. The molecule has 1 fully saturated rings. The van der Waals surface area contributed by atoms with Crippen LogP contribution in [-0.4, -0.2) is 29.8 Å². The van der Waals surface area contributed by atoms with Gasteiger partial charge in [0.25, 0.3) is 5.91 Å². The molecule has 1 aliphatic rings. The fourth-order valence-electron chi connectivity index (χ4n) is 3.27. The van der Waals surface area contributed by atoms with Gasteiger partial charge in [-0.1, -0.05) is 45.4 Å². The summed E-state index contributed by atoms with van der Waals surface area (Å²) in [7, 11) is 0. The Kier molecular flexibility index (Phi) is 8.50. The molecule has 4 nitrogen and oxygen atoms in total. The summed E-state index contributed by atoms with van der Waals surface area (Å²) in [5, 5.41) is 2.92. The van der Waals surface area contributed by atoms with Crippen molar-refractivity contribution in [1.29, 1.82) is 0 Å². The molecular formula is C21H32N2O2. The lowest BCUT2D eigenvalue weighted by molar-refractivity contribution is -0.116. The standard InChI is InChI=1S/C21H32N2O2/c1-2-3-4-5-8-11-20(24)22-19-14-12-18(13-15-19)21(25)23-16-9-6-7-10-17-23/h12-15H,2-11,16-17H2,1H3,(H,22,24). The number of anilines is 1. The van der Waals surface area contributed by atoms with Crippen molar-refractivity contribution in [3.63, 3.8) is 0 Å². The highest BCUT2D eigenvalue weighted by Gasteiger charge is 2.17. The van der Waals surface area contributed by atoms with E-state index in [-0.39, 0.29) is 11.8 Å². The van der Waals surface area contributed by atoms with Crippen LogP contribution in [0.3, 0.4) is 0 Å². The molecule has 1 aromatic rings. The van der Waals surface area contributed by atoms with Gasteiger partial charge in [0, 0.05) is 30.8 Å². The molecule has 1 aromatic carbocycles. The summed E-state index contributed by atoms with van der Waals surface area (Å²) in [6, 6.07) is 7.31. The average Bonchev–Trinajstić information content (AvgIpc) is 2.91. The zero-order valence-electron chi connectivity index (χ0n) is 15.6. The van der Waals surface area contributed by atoms with E-state index in [0.29, 0.717) is 12.0 Å². The molecule has 25 heavy (non-hydrogen) atoms. The van der Waals surface area contributed by atoms with Gasteiger partial charge in [0.1, 0.15) is 0 Å². The fourth-order valence-corrected chi connectivity index (χ4v) is 3.27. The second-order valence-electron chi connectivity index (χ2n) is 7.00. The van der Waals surface area contributed by atoms with E-state index in [9.17, 15) is 9.59 Å². The van der Waals surface area contributed by atoms with Crippen molar-refractivity contribution in [2.75, 3.05) is 18.4 Å². The van der Waals surface area contributed by atoms with Gasteiger partial charge in [0.05, 0.1) is 0 Å². The Balaban J connectivity index is 1.78. The highest BCUT2D eigenvalue weighted by Crippen LogP contribution is 2.16. The molecule has 0 aromatic heterocycles. The van der Waals surface area contributed by atoms with Crippen LogP contribution in [0.5, 0.6) is 0 Å². The summed E-state index contributed by atoms with van der Waals surface area (Å²) < 4.78 is 0. The summed E-state index contributed by atoms with van der Waals surface area (Å²) in [6.07, 6.45) is 10.9. The first-order valence-corrected chi connectivity index (χ1v) is 9.90. The molecule has 0 atom stereocenters. The third-order valence-corrected chi connectivity index (χ3v) is 4.82. The van der Waals surface area contributed by atoms with E-state index in [4.69, 9.17) is 0 Å². The number of nitrogens with one attached hydrogen (secondary N) is 1. The summed E-state index contributed by atoms with van der Waals surface area (Å²) in [5.74, 6) is 0.166. The van der Waals surface area contributed by atoms with E-state index in [2.05, 4.69) is 12.2 Å². The highest BCUT2D eigenvalue weighted by atomic mass is 16.2. The Bertz CT molecular complexity index is 531. The lowest BCUT2D eigenvalue weighted by Gasteiger charge is -2.20. The maximum absolute atomic E-state index is 12.6. The molecule has 1 N–H and O–H groups in total. The predicted molar refractivity (Wildman–Crippen MR) is 103 cm³/mol. The van der Waals surface area contributed by atoms with Crippen molar-refractivity contribution in [2.45, 2.75) is 71.1 Å². The Labute approximate surface area is 152 Å². The van der Waals surface area contributed by atoms with E-state index in [1.54, 1.807) is 0 Å². The van der Waals surface area contributed by atoms with Crippen LogP contribution in [0.2, 0.25) is 0 Å². The molecule has 0 saturated carbocycles. The Morgan fingerprint density at radius 2 is 1.56 bits per heavy atom. The Morgan fingerprint density at radius 1 is 0.920 bits per heavy atom. The molecule has 0 unspecified atom stereocenters. The second-order valence-corrected chi connectivity index (χ2v) is 7.00. The minimum Gasteiger partial charge on any atom is -0.339 e. The number of benzene rings is 1. The van der Waals surface area contributed by atoms with Crippen LogP contribution in [0.15, 0.2) is 24.3 Å². The van der Waals surface area contributed by atoms with Gasteiger partial charge in [-0.3, -0.25) is 9.59 Å². The average molecular weight is 344 g/mol. The van der Waals surface area contributed by atoms with Crippen LogP contribution >= 0.6 is 0 Å². The smallest absolute Gasteiger partial charge is 0.253 e. The molecule has 1 saturated heterocycles. The number of amides is 2. The number of unbranched alkanes of at least 4 members (excludes halogenated alkanes) is 4. The van der Waals surface area contributed by atoms with Crippen LogP contribution in [0.4, 0.5) is 5.69 Å². The quantitative estimate of drug-likeness (QED) is 0.675. The van der Waals surface area contributed by atoms with Crippen LogP contribution in [0, 0.1) is 0 Å². The maximum atomic E-state index is 12.6. The predicted octanol–water partition coefficient (Wildman–Crippen LogP) is 5.00. The van der Waals surface area contributed by atoms with Gasteiger partial charge in [0.2, 0.25) is 5.91 Å². The number of hydrogen-bond donors (Lipinski definition) is 1. The van der Waals surface area contributed by atoms with E-state index in [1.807, 2.05) is 29.2 Å². The van der Waals surface area contributed by atoms with E-state index >= 15 is 0 Å². The molecule has 2 rings (SSSR count). The number of nitrogens with zero attached hydrogens (tertiary/aromatic N) is 1. The van der Waals surface area contributed by atoms with E-state index in [1.165, 1.54) is 32.1 Å². The third kappa shape index (κ3) is 6.89. The minimum atomic E-state index is 0.0584. The third-order valence-electron chi connectivity index (χ3n) is 4.82. The van der Waals surface area contributed by atoms with Crippen molar-refractivity contribution in [3.8, 4) is 0 Å². The Morgan fingerprint density at radius 3 is 2.20 bits per heavy atom. The molecule has 1 heterocycles. The molecule has 2 amide bonds. The topological polar surface area (TPSA) is 49.4 Å². The van der Waals surface area contributed by atoms with Gasteiger partial charge in [-0.05, 0) is 43.5 Å². The molecular weight excluding hydrogens is 312 g/mol. The van der Waals surface area contributed by atoms with Crippen molar-refractivity contribution >= 4 is 17.5 Å². The zero-order chi connectivity index (χ0) is 17.9. The number of likely N-dealkylation sites (tertiary alicyclic amines) is 1. The SMILES string of the molecule is CCCCCCCC(=O)Nc1ccc(C(=O)N2CCCCCC2)cc1. The second kappa shape index (κ2) is 10.9. The van der Waals surface area contributed by atoms with E-state index < -0.39 is 0 Å². The van der Waals surface area contributed by atoms with Crippen LogP contribution in [0.1, 0.15) is 81.5 Å².